The van der Waals surface area contributed by atoms with Crippen molar-refractivity contribution in [2.75, 3.05) is 9.80 Å². The lowest BCUT2D eigenvalue weighted by Crippen LogP contribution is -2.48. The average molecular weight is 761 g/mol. The predicted molar refractivity (Wildman–Crippen MR) is 244 cm³/mol. The van der Waals surface area contributed by atoms with Crippen molar-refractivity contribution in [1.29, 1.82) is 0 Å². The summed E-state index contributed by atoms with van der Waals surface area (Å²) in [5.41, 5.74) is 12.3. The fraction of sp³-hybridized carbons (Fsp3) is 0.357. The number of para-hydroxylation sites is 3. The summed E-state index contributed by atoms with van der Waals surface area (Å²) in [6, 6.07) is 61.6. The van der Waals surface area contributed by atoms with Gasteiger partial charge in [-0.1, -0.05) is 112 Å². The van der Waals surface area contributed by atoms with Crippen LogP contribution in [0.2, 0.25) is 0 Å². The van der Waals surface area contributed by atoms with Crippen LogP contribution < -0.4 is 9.80 Å². The third kappa shape index (κ3) is 6.87. The van der Waals surface area contributed by atoms with Crippen LogP contribution in [-0.4, -0.2) is 0 Å². The lowest BCUT2D eigenvalue weighted by atomic mass is 9.48. The van der Waals surface area contributed by atoms with Gasteiger partial charge in [0.05, 0.1) is 0 Å². The van der Waals surface area contributed by atoms with Crippen LogP contribution in [0.15, 0.2) is 164 Å². The van der Waals surface area contributed by atoms with Gasteiger partial charge in [-0.25, -0.2) is 0 Å². The van der Waals surface area contributed by atoms with Crippen LogP contribution >= 0.6 is 0 Å². The average Bonchev–Trinajstić information content (AvgIpc) is 3.25. The smallest absolute Gasteiger partial charge is 0.0461 e. The number of benzene rings is 6. The summed E-state index contributed by atoms with van der Waals surface area (Å²) in [7, 11) is 0. The highest BCUT2D eigenvalue weighted by Crippen LogP contribution is 2.61. The maximum absolute atomic E-state index is 2.50. The van der Waals surface area contributed by atoms with E-state index < -0.39 is 0 Å². The van der Waals surface area contributed by atoms with E-state index in [0.717, 1.165) is 36.5 Å². The molecule has 0 aromatic heterocycles. The fourth-order valence-electron chi connectivity index (χ4n) is 12.6. The summed E-state index contributed by atoms with van der Waals surface area (Å²) in [6.07, 6.45) is 13.5. The highest BCUT2D eigenvalue weighted by molar-refractivity contribution is 5.78. The third-order valence-corrected chi connectivity index (χ3v) is 15.2. The van der Waals surface area contributed by atoms with Crippen molar-refractivity contribution in [1.82, 2.24) is 0 Å². The zero-order valence-corrected chi connectivity index (χ0v) is 34.9. The van der Waals surface area contributed by atoms with Gasteiger partial charge in [0.15, 0.2) is 0 Å². The van der Waals surface area contributed by atoms with Crippen LogP contribution in [0.4, 0.5) is 34.1 Å². The molecule has 0 saturated heterocycles. The Morgan fingerprint density at radius 1 is 0.397 bits per heavy atom. The van der Waals surface area contributed by atoms with E-state index in [-0.39, 0.29) is 5.41 Å². The molecule has 2 nitrogen and oxygen atoms in total. The molecule has 0 heterocycles. The highest BCUT2D eigenvalue weighted by Gasteiger charge is 2.51. The van der Waals surface area contributed by atoms with Crippen molar-refractivity contribution in [3.8, 4) is 0 Å². The van der Waals surface area contributed by atoms with Crippen LogP contribution in [0.3, 0.4) is 0 Å². The summed E-state index contributed by atoms with van der Waals surface area (Å²) in [6.45, 7) is 7.30. The molecule has 58 heavy (non-hydrogen) atoms. The molecule has 0 spiro atoms. The minimum absolute atomic E-state index is 0.0414. The van der Waals surface area contributed by atoms with E-state index in [2.05, 4.69) is 194 Å². The molecule has 5 aliphatic rings. The second-order valence-corrected chi connectivity index (χ2v) is 19.7. The van der Waals surface area contributed by atoms with Crippen LogP contribution in [0.1, 0.15) is 102 Å². The maximum atomic E-state index is 2.50. The summed E-state index contributed by atoms with van der Waals surface area (Å²) in [4.78, 5) is 4.84. The normalized spacial score (nSPS) is 26.3. The molecule has 5 fully saturated rings. The summed E-state index contributed by atoms with van der Waals surface area (Å²) < 4.78 is 0. The third-order valence-electron chi connectivity index (χ3n) is 15.2. The van der Waals surface area contributed by atoms with E-state index in [1.165, 1.54) is 96.6 Å². The van der Waals surface area contributed by atoms with Crippen molar-refractivity contribution in [3.05, 3.63) is 180 Å². The number of hydrogen-bond acceptors (Lipinski definition) is 2. The van der Waals surface area contributed by atoms with Gasteiger partial charge in [0, 0.05) is 39.5 Å². The Morgan fingerprint density at radius 3 is 1.03 bits per heavy atom. The second-order valence-electron chi connectivity index (χ2n) is 19.7. The van der Waals surface area contributed by atoms with Crippen LogP contribution in [0, 0.1) is 29.1 Å². The predicted octanol–water partition coefficient (Wildman–Crippen LogP) is 15.6. The Morgan fingerprint density at radius 2 is 0.707 bits per heavy atom. The second kappa shape index (κ2) is 14.9. The molecule has 2 heteroatoms. The van der Waals surface area contributed by atoms with Gasteiger partial charge in [-0.15, -0.1) is 0 Å². The summed E-state index contributed by atoms with van der Waals surface area (Å²) >= 11 is 0. The Kier molecular flexibility index (Phi) is 9.59. The minimum Gasteiger partial charge on any atom is -0.311 e. The quantitative estimate of drug-likeness (QED) is 0.145. The van der Waals surface area contributed by atoms with E-state index in [4.69, 9.17) is 0 Å². The van der Waals surface area contributed by atoms with Gasteiger partial charge in [-0.3, -0.25) is 0 Å². The Labute approximate surface area is 348 Å². The van der Waals surface area contributed by atoms with Crippen LogP contribution in [0.5, 0.6) is 0 Å². The maximum Gasteiger partial charge on any atom is 0.0461 e. The molecular weight excluding hydrogens is 701 g/mol. The first kappa shape index (κ1) is 37.2. The molecule has 0 aliphatic heterocycles. The number of nitrogens with zero attached hydrogens (tertiary/aromatic N) is 2. The molecule has 4 bridgehead atoms. The molecule has 6 aromatic rings. The first-order chi connectivity index (χ1) is 28.3. The lowest BCUT2D eigenvalue weighted by Gasteiger charge is -2.57. The topological polar surface area (TPSA) is 6.48 Å². The van der Waals surface area contributed by atoms with Gasteiger partial charge >= 0.3 is 0 Å². The molecule has 0 atom stereocenters. The lowest BCUT2D eigenvalue weighted by molar-refractivity contribution is -0.00518. The minimum atomic E-state index is -0.0414. The summed E-state index contributed by atoms with van der Waals surface area (Å²) in [5.74, 6) is 3.58. The molecule has 5 saturated carbocycles. The first-order valence-electron chi connectivity index (χ1n) is 22.3. The number of hydrogen-bond donors (Lipinski definition) is 0. The van der Waals surface area contributed by atoms with Crippen molar-refractivity contribution in [2.45, 2.75) is 95.8 Å². The zero-order chi connectivity index (χ0) is 39.3. The van der Waals surface area contributed by atoms with Gasteiger partial charge in [0.2, 0.25) is 0 Å². The van der Waals surface area contributed by atoms with Crippen molar-refractivity contribution >= 4 is 34.1 Å². The van der Waals surface area contributed by atoms with Gasteiger partial charge < -0.3 is 9.80 Å². The van der Waals surface area contributed by atoms with Crippen LogP contribution in [0.25, 0.3) is 0 Å². The van der Waals surface area contributed by atoms with Gasteiger partial charge in [-0.05, 0) is 188 Å². The molecule has 294 valence electrons. The highest BCUT2D eigenvalue weighted by atomic mass is 15.1. The molecule has 0 unspecified atom stereocenters. The van der Waals surface area contributed by atoms with E-state index in [0.29, 0.717) is 10.8 Å². The Balaban J connectivity index is 0.990. The standard InChI is InChI=1S/C56H60N2/c1-54(2,3)44-31-33-56(34-32-44,46-21-27-52(28-22-46)57(48-13-7-4-8-14-48)49-15-9-5-10-16-49)47-23-29-53(30-24-47)58(50-17-11-6-12-18-50)51-25-19-45(20-26-51)55-38-41-35-42(39-55)37-43(36-41)40-55/h4-30,41-44H,31-40H2,1-3H3. The van der Waals surface area contributed by atoms with E-state index >= 15 is 0 Å². The Bertz CT molecular complexity index is 2200. The SMILES string of the molecule is CC(C)(C)C1CCC(c2ccc(N(c3ccccc3)c3ccccc3)cc2)(c2ccc(N(c3ccccc3)c3ccc(C45CC6CC(CC(C6)C4)C5)cc3)cc2)CC1. The van der Waals surface area contributed by atoms with E-state index in [1.54, 1.807) is 5.56 Å². The first-order valence-corrected chi connectivity index (χ1v) is 22.3. The van der Waals surface area contributed by atoms with E-state index in [1.807, 2.05) is 0 Å². The van der Waals surface area contributed by atoms with Crippen molar-refractivity contribution in [2.24, 2.45) is 29.1 Å². The monoisotopic (exact) mass is 760 g/mol. The molecule has 11 rings (SSSR count). The molecular formula is C56H60N2. The van der Waals surface area contributed by atoms with Crippen molar-refractivity contribution in [3.63, 3.8) is 0 Å². The zero-order valence-electron chi connectivity index (χ0n) is 34.9. The molecule has 5 aliphatic carbocycles. The molecule has 0 N–H and O–H groups in total. The fourth-order valence-corrected chi connectivity index (χ4v) is 12.6. The van der Waals surface area contributed by atoms with E-state index in [9.17, 15) is 0 Å². The van der Waals surface area contributed by atoms with Gasteiger partial charge in [0.1, 0.15) is 0 Å². The largest absolute Gasteiger partial charge is 0.311 e. The van der Waals surface area contributed by atoms with Crippen molar-refractivity contribution < 1.29 is 0 Å². The van der Waals surface area contributed by atoms with Gasteiger partial charge in [-0.2, -0.15) is 0 Å². The number of anilines is 6. The summed E-state index contributed by atoms with van der Waals surface area (Å²) in [5, 5.41) is 0. The van der Waals surface area contributed by atoms with Gasteiger partial charge in [0.25, 0.3) is 0 Å². The Hall–Kier alpha value is -5.08. The molecule has 0 radical (unpaired) electrons. The van der Waals surface area contributed by atoms with Crippen LogP contribution in [-0.2, 0) is 10.8 Å². The molecule has 0 amide bonds. The molecule has 6 aromatic carbocycles. The number of rotatable bonds is 9.